The van der Waals surface area contributed by atoms with E-state index in [4.69, 9.17) is 5.73 Å². The van der Waals surface area contributed by atoms with Crippen LogP contribution in [0.25, 0.3) is 0 Å². The summed E-state index contributed by atoms with van der Waals surface area (Å²) in [6, 6.07) is 7.65. The maximum absolute atomic E-state index is 9.81. The fourth-order valence-electron chi connectivity index (χ4n) is 1.29. The molecule has 3 N–H and O–H groups in total. The average Bonchev–Trinajstić information content (AvgIpc) is 2.02. The van der Waals surface area contributed by atoms with Crippen LogP contribution >= 0.6 is 0 Å². The molecule has 0 aliphatic rings. The van der Waals surface area contributed by atoms with Crippen LogP contribution in [-0.4, -0.2) is 10.7 Å². The summed E-state index contributed by atoms with van der Waals surface area (Å²) < 4.78 is 0. The second-order valence-corrected chi connectivity index (χ2v) is 4.00. The normalized spacial score (nSPS) is 14.2. The van der Waals surface area contributed by atoms with Gasteiger partial charge in [-0.15, -0.1) is 0 Å². The molecule has 0 aromatic heterocycles. The van der Waals surface area contributed by atoms with Crippen molar-refractivity contribution in [3.05, 3.63) is 29.8 Å². The summed E-state index contributed by atoms with van der Waals surface area (Å²) in [6.07, 6.45) is 0. The first-order valence-electron chi connectivity index (χ1n) is 4.49. The zero-order valence-electron chi connectivity index (χ0n) is 8.41. The Kier molecular flexibility index (Phi) is 2.62. The zero-order valence-corrected chi connectivity index (χ0v) is 8.41. The summed E-state index contributed by atoms with van der Waals surface area (Å²) in [6.45, 7) is 5.57. The molecule has 0 saturated carbocycles. The van der Waals surface area contributed by atoms with E-state index >= 15 is 0 Å². The van der Waals surface area contributed by atoms with Crippen LogP contribution in [0.15, 0.2) is 24.3 Å². The lowest BCUT2D eigenvalue weighted by Gasteiger charge is -2.27. The van der Waals surface area contributed by atoms with Gasteiger partial charge < -0.3 is 10.8 Å². The number of anilines is 1. The maximum atomic E-state index is 9.81. The van der Waals surface area contributed by atoms with Crippen LogP contribution in [0.4, 0.5) is 5.69 Å². The number of nitrogen functional groups attached to an aromatic ring is 1. The number of nitrogens with two attached hydrogens (primary N) is 1. The van der Waals surface area contributed by atoms with Crippen molar-refractivity contribution in [2.24, 2.45) is 0 Å². The van der Waals surface area contributed by atoms with Crippen LogP contribution in [-0.2, 0) is 0 Å². The predicted molar refractivity (Wildman–Crippen MR) is 55.6 cm³/mol. The SMILES string of the molecule is CC(c1ccccc1N)C(C)(C)O. The van der Waals surface area contributed by atoms with Crippen molar-refractivity contribution in [3.8, 4) is 0 Å². The Labute approximate surface area is 79.4 Å². The van der Waals surface area contributed by atoms with Crippen molar-refractivity contribution in [1.29, 1.82) is 0 Å². The third-order valence-electron chi connectivity index (χ3n) is 2.52. The highest BCUT2D eigenvalue weighted by Gasteiger charge is 2.24. The molecule has 0 bridgehead atoms. The van der Waals surface area contributed by atoms with Gasteiger partial charge in [-0.25, -0.2) is 0 Å². The number of rotatable bonds is 2. The van der Waals surface area contributed by atoms with Crippen LogP contribution in [0, 0.1) is 0 Å². The fourth-order valence-corrected chi connectivity index (χ4v) is 1.29. The summed E-state index contributed by atoms with van der Waals surface area (Å²) in [5, 5.41) is 9.81. The lowest BCUT2D eigenvalue weighted by Crippen LogP contribution is -2.27. The number of para-hydroxylation sites is 1. The summed E-state index contributed by atoms with van der Waals surface area (Å²) in [7, 11) is 0. The minimum Gasteiger partial charge on any atom is -0.398 e. The first-order valence-corrected chi connectivity index (χ1v) is 4.49. The van der Waals surface area contributed by atoms with E-state index in [9.17, 15) is 5.11 Å². The Hall–Kier alpha value is -1.02. The molecule has 0 heterocycles. The van der Waals surface area contributed by atoms with Crippen molar-refractivity contribution in [2.45, 2.75) is 32.3 Å². The van der Waals surface area contributed by atoms with Gasteiger partial charge >= 0.3 is 0 Å². The molecule has 1 atom stereocenters. The highest BCUT2D eigenvalue weighted by Crippen LogP contribution is 2.30. The van der Waals surface area contributed by atoms with Crippen molar-refractivity contribution in [1.82, 2.24) is 0 Å². The van der Waals surface area contributed by atoms with Crippen LogP contribution in [0.2, 0.25) is 0 Å². The zero-order chi connectivity index (χ0) is 10.1. The number of hydrogen-bond donors (Lipinski definition) is 2. The summed E-state index contributed by atoms with van der Waals surface area (Å²) in [4.78, 5) is 0. The summed E-state index contributed by atoms with van der Waals surface area (Å²) in [5.74, 6) is 0.0497. The Balaban J connectivity index is 3.02. The van der Waals surface area contributed by atoms with Gasteiger partial charge in [0.05, 0.1) is 5.60 Å². The lowest BCUT2D eigenvalue weighted by atomic mass is 9.86. The highest BCUT2D eigenvalue weighted by molar-refractivity contribution is 5.48. The Morgan fingerprint density at radius 3 is 2.31 bits per heavy atom. The Morgan fingerprint density at radius 2 is 1.85 bits per heavy atom. The number of aliphatic hydroxyl groups is 1. The van der Waals surface area contributed by atoms with Crippen LogP contribution in [0.3, 0.4) is 0 Å². The van der Waals surface area contributed by atoms with Gasteiger partial charge in [0.1, 0.15) is 0 Å². The molecule has 0 aliphatic carbocycles. The molecule has 0 fully saturated rings. The quantitative estimate of drug-likeness (QED) is 0.683. The fraction of sp³-hybridized carbons (Fsp3) is 0.455. The molecule has 0 spiro atoms. The second kappa shape index (κ2) is 3.38. The average molecular weight is 179 g/mol. The molecule has 0 aliphatic heterocycles. The minimum atomic E-state index is -0.727. The van der Waals surface area contributed by atoms with E-state index in [-0.39, 0.29) is 5.92 Å². The van der Waals surface area contributed by atoms with Crippen molar-refractivity contribution >= 4 is 5.69 Å². The van der Waals surface area contributed by atoms with Gasteiger partial charge in [-0.1, -0.05) is 25.1 Å². The second-order valence-electron chi connectivity index (χ2n) is 4.00. The van der Waals surface area contributed by atoms with Gasteiger partial charge in [0.25, 0.3) is 0 Å². The van der Waals surface area contributed by atoms with Gasteiger partial charge in [-0.2, -0.15) is 0 Å². The van der Waals surface area contributed by atoms with Crippen molar-refractivity contribution in [2.75, 3.05) is 5.73 Å². The standard InChI is InChI=1S/C11H17NO/c1-8(11(2,3)13)9-6-4-5-7-10(9)12/h4-8,13H,12H2,1-3H3. The molecule has 2 heteroatoms. The topological polar surface area (TPSA) is 46.2 Å². The van der Waals surface area contributed by atoms with Gasteiger partial charge in [0.2, 0.25) is 0 Å². The van der Waals surface area contributed by atoms with Gasteiger partial charge in [0.15, 0.2) is 0 Å². The Morgan fingerprint density at radius 1 is 1.31 bits per heavy atom. The van der Waals surface area contributed by atoms with Gasteiger partial charge in [0, 0.05) is 11.6 Å². The maximum Gasteiger partial charge on any atom is 0.0658 e. The van der Waals surface area contributed by atoms with E-state index in [1.54, 1.807) is 13.8 Å². The smallest absolute Gasteiger partial charge is 0.0658 e. The van der Waals surface area contributed by atoms with E-state index in [0.717, 1.165) is 11.3 Å². The summed E-state index contributed by atoms with van der Waals surface area (Å²) >= 11 is 0. The number of benzene rings is 1. The first kappa shape index (κ1) is 10.1. The molecule has 1 aromatic carbocycles. The minimum absolute atomic E-state index is 0.0497. The largest absolute Gasteiger partial charge is 0.398 e. The highest BCUT2D eigenvalue weighted by atomic mass is 16.3. The molecule has 0 amide bonds. The van der Waals surface area contributed by atoms with Crippen molar-refractivity contribution in [3.63, 3.8) is 0 Å². The third-order valence-corrected chi connectivity index (χ3v) is 2.52. The van der Waals surface area contributed by atoms with E-state index in [1.807, 2.05) is 31.2 Å². The predicted octanol–water partition coefficient (Wildman–Crippen LogP) is 2.14. The molecule has 2 nitrogen and oxygen atoms in total. The lowest BCUT2D eigenvalue weighted by molar-refractivity contribution is 0.0561. The molecule has 0 saturated heterocycles. The van der Waals surface area contributed by atoms with E-state index < -0.39 is 5.60 Å². The summed E-state index contributed by atoms with van der Waals surface area (Å²) in [5.41, 5.74) is 6.84. The van der Waals surface area contributed by atoms with Crippen molar-refractivity contribution < 1.29 is 5.11 Å². The molecule has 72 valence electrons. The van der Waals surface area contributed by atoms with E-state index in [2.05, 4.69) is 0 Å². The molecule has 1 rings (SSSR count). The number of hydrogen-bond acceptors (Lipinski definition) is 2. The first-order chi connectivity index (χ1) is 5.93. The van der Waals surface area contributed by atoms with E-state index in [0.29, 0.717) is 0 Å². The third kappa shape index (κ3) is 2.22. The van der Waals surface area contributed by atoms with Gasteiger partial charge in [-0.05, 0) is 25.5 Å². The molecular formula is C11H17NO. The van der Waals surface area contributed by atoms with Gasteiger partial charge in [-0.3, -0.25) is 0 Å². The van der Waals surface area contributed by atoms with Crippen LogP contribution < -0.4 is 5.73 Å². The molecule has 1 aromatic rings. The monoisotopic (exact) mass is 179 g/mol. The Bertz CT molecular complexity index is 288. The molecular weight excluding hydrogens is 162 g/mol. The van der Waals surface area contributed by atoms with E-state index in [1.165, 1.54) is 0 Å². The van der Waals surface area contributed by atoms with Crippen LogP contribution in [0.5, 0.6) is 0 Å². The molecule has 13 heavy (non-hydrogen) atoms. The van der Waals surface area contributed by atoms with Crippen LogP contribution in [0.1, 0.15) is 32.3 Å². The molecule has 0 radical (unpaired) electrons. The molecule has 1 unspecified atom stereocenters.